The van der Waals surface area contributed by atoms with Crippen LogP contribution < -0.4 is 5.32 Å². The van der Waals surface area contributed by atoms with Crippen molar-refractivity contribution in [1.29, 1.82) is 5.26 Å². The number of dihydropyridines is 1. The van der Waals surface area contributed by atoms with Gasteiger partial charge in [-0.15, -0.1) is 0 Å². The third-order valence-electron chi connectivity index (χ3n) is 5.48. The van der Waals surface area contributed by atoms with Crippen LogP contribution in [0.5, 0.6) is 0 Å². The zero-order valence-electron chi connectivity index (χ0n) is 18.3. The number of Topliss-reactive ketones (excluding diaryl/α,β-unsaturated/α-hetero) is 1. The van der Waals surface area contributed by atoms with E-state index in [0.29, 0.717) is 41.9 Å². The van der Waals surface area contributed by atoms with Crippen LogP contribution in [0.3, 0.4) is 0 Å². The third-order valence-corrected chi connectivity index (χ3v) is 5.97. The predicted octanol–water partition coefficient (Wildman–Crippen LogP) is 2.77. The Labute approximate surface area is 192 Å². The van der Waals surface area contributed by atoms with E-state index in [9.17, 15) is 14.9 Å². The molecule has 1 aromatic carbocycles. The molecular weight excluding hydrogens is 455 g/mol. The van der Waals surface area contributed by atoms with Gasteiger partial charge in [-0.2, -0.15) is 0 Å². The summed E-state index contributed by atoms with van der Waals surface area (Å²) in [6, 6.07) is 9.26. The van der Waals surface area contributed by atoms with Gasteiger partial charge in [0.25, 0.3) is 0 Å². The number of benzene rings is 1. The van der Waals surface area contributed by atoms with Crippen LogP contribution in [0.25, 0.3) is 0 Å². The van der Waals surface area contributed by atoms with Gasteiger partial charge < -0.3 is 0 Å². The number of nitriles is 1. The molecule has 31 heavy (non-hydrogen) atoms. The Bertz CT molecular complexity index is 988. The van der Waals surface area contributed by atoms with Crippen LogP contribution in [0.2, 0.25) is 5.21 Å². The molecule has 0 amide bonds. The number of nitrogens with one attached hydrogen (secondary N) is 1. The van der Waals surface area contributed by atoms with E-state index in [0.717, 1.165) is 16.5 Å². The van der Waals surface area contributed by atoms with Crippen LogP contribution in [-0.4, -0.2) is 48.4 Å². The Hall–Kier alpha value is -2.35. The Morgan fingerprint density at radius 2 is 2.13 bits per heavy atom. The second kappa shape index (κ2) is 9.85. The van der Waals surface area contributed by atoms with Gasteiger partial charge in [-0.3, -0.25) is 0 Å². The number of allylic oxidation sites excluding steroid dienone is 2. The number of rotatable bonds is 7. The van der Waals surface area contributed by atoms with Gasteiger partial charge in [0.15, 0.2) is 0 Å². The van der Waals surface area contributed by atoms with Crippen molar-refractivity contribution in [2.75, 3.05) is 19.8 Å². The van der Waals surface area contributed by atoms with Crippen molar-refractivity contribution >= 4 is 28.6 Å². The minimum absolute atomic E-state index is 0.0177. The second-order valence-corrected chi connectivity index (χ2v) is 9.79. The average Bonchev–Trinajstić information content (AvgIpc) is 2.72. The van der Waals surface area contributed by atoms with Crippen LogP contribution in [0.4, 0.5) is 0 Å². The summed E-state index contributed by atoms with van der Waals surface area (Å²) in [6.45, 7) is 6.95. The molecule has 164 valence electrons. The summed E-state index contributed by atoms with van der Waals surface area (Å²) < 4.78 is 11.2. The van der Waals surface area contributed by atoms with Crippen molar-refractivity contribution in [2.24, 2.45) is 5.41 Å². The number of nitrogens with zero attached hydrogens (tertiary/aromatic N) is 1. The molecule has 1 heterocycles. The summed E-state index contributed by atoms with van der Waals surface area (Å²) in [5.74, 6) is -1.04. The summed E-state index contributed by atoms with van der Waals surface area (Å²) in [7, 11) is 0. The number of carbonyl (C=O) groups is 2. The fourth-order valence-electron chi connectivity index (χ4n) is 4.29. The number of hydrogen-bond acceptors (Lipinski definition) is 6. The van der Waals surface area contributed by atoms with Gasteiger partial charge in [-0.05, 0) is 0 Å². The second-order valence-electron chi connectivity index (χ2n) is 8.58. The summed E-state index contributed by atoms with van der Waals surface area (Å²) in [5, 5.41) is 13.7. The summed E-state index contributed by atoms with van der Waals surface area (Å²) >= 11 is 1.58. The van der Waals surface area contributed by atoms with E-state index in [4.69, 9.17) is 9.47 Å². The molecule has 0 fully saturated rings. The number of carbonyl (C=O) groups excluding carboxylic acids is 2. The molecule has 0 saturated heterocycles. The standard InChI is InChI=1S/C24H29AsN2O4/c1-4-31-23(29)22-18(14-30-9-8-25)27-17-11-24(2,3)12-19(28)21(17)20(22)16-7-5-6-15(10-16)13-26/h5-7,10,20,27H,4,8-9,11-12,14,25H2,1-3H3. The van der Waals surface area contributed by atoms with Gasteiger partial charge in [0.2, 0.25) is 0 Å². The van der Waals surface area contributed by atoms with Crippen LogP contribution in [0.15, 0.2) is 46.8 Å². The number of hydrogen-bond donors (Lipinski definition) is 1. The minimum atomic E-state index is -0.586. The number of ether oxygens (including phenoxy) is 2. The molecule has 6 nitrogen and oxygen atoms in total. The summed E-state index contributed by atoms with van der Waals surface area (Å²) in [4.78, 5) is 26.4. The Balaban J connectivity index is 2.20. The molecule has 1 N–H and O–H groups in total. The summed E-state index contributed by atoms with van der Waals surface area (Å²) in [6.07, 6.45) is 1.10. The molecule has 0 saturated carbocycles. The van der Waals surface area contributed by atoms with Gasteiger partial charge in [0.1, 0.15) is 0 Å². The zero-order valence-corrected chi connectivity index (χ0v) is 20.7. The Morgan fingerprint density at radius 3 is 2.81 bits per heavy atom. The maximum absolute atomic E-state index is 13.3. The molecule has 2 atom stereocenters. The number of ketones is 1. The van der Waals surface area contributed by atoms with E-state index in [2.05, 4.69) is 25.2 Å². The molecule has 2 unspecified atom stereocenters. The molecule has 0 radical (unpaired) electrons. The predicted molar refractivity (Wildman–Crippen MR) is 120 cm³/mol. The zero-order chi connectivity index (χ0) is 22.6. The molecule has 0 aromatic heterocycles. The number of esters is 1. The fourth-order valence-corrected chi connectivity index (χ4v) is 4.64. The molecule has 1 aromatic rings. The normalized spacial score (nSPS) is 20.1. The van der Waals surface area contributed by atoms with Crippen molar-refractivity contribution < 1.29 is 19.1 Å². The van der Waals surface area contributed by atoms with E-state index in [1.54, 1.807) is 42.0 Å². The van der Waals surface area contributed by atoms with Crippen molar-refractivity contribution in [3.8, 4) is 6.07 Å². The Kier molecular flexibility index (Phi) is 7.41. The molecular formula is C24H29AsN2O4. The van der Waals surface area contributed by atoms with Crippen LogP contribution in [-0.2, 0) is 19.1 Å². The molecule has 0 bridgehead atoms. The van der Waals surface area contributed by atoms with Gasteiger partial charge >= 0.3 is 192 Å². The van der Waals surface area contributed by atoms with Crippen molar-refractivity contribution in [1.82, 2.24) is 5.32 Å². The van der Waals surface area contributed by atoms with E-state index in [1.807, 2.05) is 6.07 Å². The molecule has 1 aliphatic carbocycles. The molecule has 7 heteroatoms. The molecule has 3 rings (SSSR count). The van der Waals surface area contributed by atoms with Crippen LogP contribution >= 0.6 is 0 Å². The first-order chi connectivity index (χ1) is 14.8. The first kappa shape index (κ1) is 23.3. The van der Waals surface area contributed by atoms with E-state index < -0.39 is 11.9 Å². The quantitative estimate of drug-likeness (QED) is 0.364. The van der Waals surface area contributed by atoms with Crippen molar-refractivity contribution in [3.63, 3.8) is 0 Å². The summed E-state index contributed by atoms with van der Waals surface area (Å²) in [5.41, 5.74) is 3.50. The average molecular weight is 484 g/mol. The van der Waals surface area contributed by atoms with Crippen molar-refractivity contribution in [2.45, 2.75) is 44.7 Å². The fraction of sp³-hybridized carbons (Fsp3) is 0.458. The van der Waals surface area contributed by atoms with Gasteiger partial charge in [0, 0.05) is 0 Å². The monoisotopic (exact) mass is 484 g/mol. The Morgan fingerprint density at radius 1 is 1.35 bits per heavy atom. The third kappa shape index (κ3) is 5.11. The molecule has 0 spiro atoms. The van der Waals surface area contributed by atoms with Gasteiger partial charge in [0.05, 0.1) is 0 Å². The van der Waals surface area contributed by atoms with E-state index in [1.165, 1.54) is 0 Å². The first-order valence-electron chi connectivity index (χ1n) is 10.5. The molecule has 1 aliphatic heterocycles. The topological polar surface area (TPSA) is 88.4 Å². The maximum atomic E-state index is 13.3. The first-order valence-corrected chi connectivity index (χ1v) is 12.2. The van der Waals surface area contributed by atoms with E-state index >= 15 is 0 Å². The molecule has 2 aliphatic rings. The van der Waals surface area contributed by atoms with Gasteiger partial charge in [-0.25, -0.2) is 0 Å². The van der Waals surface area contributed by atoms with E-state index in [-0.39, 0.29) is 24.4 Å². The SMILES string of the molecule is CCOC(=O)C1=C(COCC[AsH2])NC2=C(C(=O)CC(C)(C)C2)C1c1cccc(C#N)c1. The van der Waals surface area contributed by atoms with Crippen molar-refractivity contribution in [3.05, 3.63) is 57.9 Å². The van der Waals surface area contributed by atoms with Crippen LogP contribution in [0, 0.1) is 16.7 Å². The van der Waals surface area contributed by atoms with Gasteiger partial charge in [-0.1, -0.05) is 0 Å². The van der Waals surface area contributed by atoms with Crippen LogP contribution in [0.1, 0.15) is 50.7 Å².